The van der Waals surface area contributed by atoms with Crippen LogP contribution in [-0.2, 0) is 12.8 Å². The van der Waals surface area contributed by atoms with Crippen molar-refractivity contribution in [2.24, 2.45) is 0 Å². The summed E-state index contributed by atoms with van der Waals surface area (Å²) in [4.78, 5) is 0. The zero-order valence-corrected chi connectivity index (χ0v) is 8.83. The Morgan fingerprint density at radius 3 is 2.67 bits per heavy atom. The van der Waals surface area contributed by atoms with Gasteiger partial charge in [-0.25, -0.2) is 0 Å². The first kappa shape index (κ1) is 9.73. The largest absolute Gasteiger partial charge is 0.198 e. The summed E-state index contributed by atoms with van der Waals surface area (Å²) in [5, 5.41) is 11.3. The van der Waals surface area contributed by atoms with Crippen molar-refractivity contribution in [1.82, 2.24) is 0 Å². The molecule has 0 aliphatic carbocycles. The van der Waals surface area contributed by atoms with Crippen LogP contribution in [0, 0.1) is 11.3 Å². The van der Waals surface area contributed by atoms with Crippen molar-refractivity contribution in [2.75, 3.05) is 0 Å². The number of nitriles is 1. The second kappa shape index (κ2) is 4.14. The summed E-state index contributed by atoms with van der Waals surface area (Å²) < 4.78 is 0. The van der Waals surface area contributed by atoms with Gasteiger partial charge in [-0.3, -0.25) is 0 Å². The highest BCUT2D eigenvalue weighted by atomic mass is 14.2. The van der Waals surface area contributed by atoms with Crippen molar-refractivity contribution < 1.29 is 0 Å². The molecule has 1 heteroatoms. The Morgan fingerprint density at radius 1 is 1.13 bits per heavy atom. The van der Waals surface area contributed by atoms with E-state index in [1.807, 2.05) is 12.1 Å². The lowest BCUT2D eigenvalue weighted by Crippen LogP contribution is -1.93. The highest BCUT2D eigenvalue weighted by Gasteiger charge is 2.05. The Morgan fingerprint density at radius 2 is 1.93 bits per heavy atom. The van der Waals surface area contributed by atoms with Crippen LogP contribution in [0.25, 0.3) is 10.8 Å². The quantitative estimate of drug-likeness (QED) is 0.719. The van der Waals surface area contributed by atoms with E-state index in [9.17, 15) is 0 Å². The van der Waals surface area contributed by atoms with Gasteiger partial charge in [-0.2, -0.15) is 5.26 Å². The Balaban J connectivity index is 2.74. The predicted molar refractivity (Wildman–Crippen MR) is 62.6 cm³/mol. The number of rotatable bonds is 2. The molecule has 0 amide bonds. The van der Waals surface area contributed by atoms with E-state index in [2.05, 4.69) is 37.3 Å². The van der Waals surface area contributed by atoms with E-state index in [-0.39, 0.29) is 0 Å². The summed E-state index contributed by atoms with van der Waals surface area (Å²) in [6.45, 7) is 2.13. The zero-order valence-electron chi connectivity index (χ0n) is 8.83. The smallest absolute Gasteiger partial charge is 0.0670 e. The van der Waals surface area contributed by atoms with Gasteiger partial charge in [0.25, 0.3) is 0 Å². The van der Waals surface area contributed by atoms with E-state index < -0.39 is 0 Å². The lowest BCUT2D eigenvalue weighted by Gasteiger charge is -2.08. The summed E-state index contributed by atoms with van der Waals surface area (Å²) in [5.74, 6) is 0. The topological polar surface area (TPSA) is 23.8 Å². The van der Waals surface area contributed by atoms with Crippen LogP contribution in [0.3, 0.4) is 0 Å². The van der Waals surface area contributed by atoms with E-state index in [0.29, 0.717) is 6.42 Å². The molecule has 0 N–H and O–H groups in total. The van der Waals surface area contributed by atoms with E-state index in [1.165, 1.54) is 21.9 Å². The van der Waals surface area contributed by atoms with Crippen LogP contribution in [0.2, 0.25) is 0 Å². The van der Waals surface area contributed by atoms with Gasteiger partial charge in [-0.1, -0.05) is 43.3 Å². The fourth-order valence-corrected chi connectivity index (χ4v) is 2.00. The van der Waals surface area contributed by atoms with Crippen molar-refractivity contribution in [1.29, 1.82) is 5.26 Å². The van der Waals surface area contributed by atoms with Gasteiger partial charge < -0.3 is 0 Å². The minimum atomic E-state index is 0.504. The van der Waals surface area contributed by atoms with Crippen LogP contribution in [0.15, 0.2) is 36.4 Å². The highest BCUT2D eigenvalue weighted by Crippen LogP contribution is 2.23. The molecular weight excluding hydrogens is 182 g/mol. The minimum absolute atomic E-state index is 0.504. The molecule has 0 fully saturated rings. The number of benzene rings is 2. The summed E-state index contributed by atoms with van der Waals surface area (Å²) in [7, 11) is 0. The molecule has 2 rings (SSSR count). The Labute approximate surface area is 90.0 Å². The Kier molecular flexibility index (Phi) is 2.69. The van der Waals surface area contributed by atoms with E-state index in [4.69, 9.17) is 5.26 Å². The van der Waals surface area contributed by atoms with Crippen molar-refractivity contribution >= 4 is 10.8 Å². The average molecular weight is 195 g/mol. The molecule has 2 aromatic rings. The van der Waals surface area contributed by atoms with Gasteiger partial charge in [-0.15, -0.1) is 0 Å². The maximum Gasteiger partial charge on any atom is 0.0670 e. The first-order valence-electron chi connectivity index (χ1n) is 5.23. The van der Waals surface area contributed by atoms with Gasteiger partial charge in [0, 0.05) is 0 Å². The number of fused-ring (bicyclic) bond motifs is 1. The molecule has 0 aliphatic heterocycles. The van der Waals surface area contributed by atoms with Gasteiger partial charge in [0.2, 0.25) is 0 Å². The monoisotopic (exact) mass is 195 g/mol. The third-order valence-corrected chi connectivity index (χ3v) is 2.77. The lowest BCUT2D eigenvalue weighted by molar-refractivity contribution is 1.09. The molecule has 0 heterocycles. The zero-order chi connectivity index (χ0) is 10.7. The fraction of sp³-hybridized carbons (Fsp3) is 0.214. The maximum atomic E-state index is 8.85. The van der Waals surface area contributed by atoms with Gasteiger partial charge in [-0.05, 0) is 28.3 Å². The van der Waals surface area contributed by atoms with Crippen LogP contribution >= 0.6 is 0 Å². The molecule has 15 heavy (non-hydrogen) atoms. The van der Waals surface area contributed by atoms with E-state index in [0.717, 1.165) is 6.42 Å². The van der Waals surface area contributed by atoms with Gasteiger partial charge in [0.05, 0.1) is 12.5 Å². The van der Waals surface area contributed by atoms with Crippen LogP contribution in [0.4, 0.5) is 0 Å². The molecule has 0 unspecified atom stereocenters. The van der Waals surface area contributed by atoms with Crippen LogP contribution in [-0.4, -0.2) is 0 Å². The fourth-order valence-electron chi connectivity index (χ4n) is 2.00. The van der Waals surface area contributed by atoms with Crippen molar-refractivity contribution in [2.45, 2.75) is 19.8 Å². The summed E-state index contributed by atoms with van der Waals surface area (Å²) in [6.07, 6.45) is 1.49. The third-order valence-electron chi connectivity index (χ3n) is 2.77. The first-order valence-corrected chi connectivity index (χ1v) is 5.23. The Bertz CT molecular complexity index is 520. The predicted octanol–water partition coefficient (Wildman–Crippen LogP) is 3.47. The third kappa shape index (κ3) is 1.71. The summed E-state index contributed by atoms with van der Waals surface area (Å²) in [6, 6.07) is 14.8. The van der Waals surface area contributed by atoms with Crippen molar-refractivity contribution in [3.8, 4) is 6.07 Å². The minimum Gasteiger partial charge on any atom is -0.198 e. The SMILES string of the molecule is CCc1ccc2ccccc2c1CC#N. The van der Waals surface area contributed by atoms with Crippen LogP contribution in [0.5, 0.6) is 0 Å². The number of nitrogens with zero attached hydrogens (tertiary/aromatic N) is 1. The summed E-state index contributed by atoms with van der Waals surface area (Å²) >= 11 is 0. The van der Waals surface area contributed by atoms with E-state index >= 15 is 0 Å². The summed E-state index contributed by atoms with van der Waals surface area (Å²) in [5.41, 5.74) is 2.48. The molecule has 74 valence electrons. The molecule has 0 saturated heterocycles. The molecule has 0 saturated carbocycles. The van der Waals surface area contributed by atoms with Crippen molar-refractivity contribution in [3.63, 3.8) is 0 Å². The van der Waals surface area contributed by atoms with E-state index in [1.54, 1.807) is 0 Å². The standard InChI is InChI=1S/C14H13N/c1-2-11-7-8-12-5-3-4-6-13(12)14(11)9-10-15/h3-8H,2,9H2,1H3. The van der Waals surface area contributed by atoms with Gasteiger partial charge >= 0.3 is 0 Å². The molecule has 0 atom stereocenters. The first-order chi connectivity index (χ1) is 7.36. The molecule has 2 aromatic carbocycles. The molecule has 0 radical (unpaired) electrons. The molecular formula is C14H13N. The number of hydrogen-bond donors (Lipinski definition) is 0. The molecule has 0 bridgehead atoms. The van der Waals surface area contributed by atoms with Crippen molar-refractivity contribution in [3.05, 3.63) is 47.5 Å². The van der Waals surface area contributed by atoms with Crippen LogP contribution in [0.1, 0.15) is 18.1 Å². The van der Waals surface area contributed by atoms with Gasteiger partial charge in [0.15, 0.2) is 0 Å². The maximum absolute atomic E-state index is 8.85. The van der Waals surface area contributed by atoms with Gasteiger partial charge in [0.1, 0.15) is 0 Å². The Hall–Kier alpha value is -1.81. The number of hydrogen-bond acceptors (Lipinski definition) is 1. The molecule has 1 nitrogen and oxygen atoms in total. The second-order valence-electron chi connectivity index (χ2n) is 3.61. The normalized spacial score (nSPS) is 10.1. The highest BCUT2D eigenvalue weighted by molar-refractivity contribution is 5.87. The molecule has 0 aromatic heterocycles. The van der Waals surface area contributed by atoms with Crippen LogP contribution < -0.4 is 0 Å². The second-order valence-corrected chi connectivity index (χ2v) is 3.61. The molecule has 0 aliphatic rings. The lowest BCUT2D eigenvalue weighted by atomic mass is 9.96. The number of aryl methyl sites for hydroxylation is 1. The molecule has 0 spiro atoms. The average Bonchev–Trinajstić information content (AvgIpc) is 2.30.